The van der Waals surface area contributed by atoms with E-state index in [0.717, 1.165) is 23.2 Å². The second-order valence-corrected chi connectivity index (χ2v) is 6.74. The number of benzene rings is 2. The molecule has 1 fully saturated rings. The van der Waals surface area contributed by atoms with Crippen molar-refractivity contribution in [2.24, 2.45) is 0 Å². The van der Waals surface area contributed by atoms with Gasteiger partial charge >= 0.3 is 0 Å². The maximum absolute atomic E-state index is 5.91. The fourth-order valence-corrected chi connectivity index (χ4v) is 3.45. The quantitative estimate of drug-likeness (QED) is 0.834. The molecule has 1 saturated heterocycles. The van der Waals surface area contributed by atoms with Crippen molar-refractivity contribution in [3.8, 4) is 5.75 Å². The van der Waals surface area contributed by atoms with Crippen LogP contribution in [0.3, 0.4) is 0 Å². The van der Waals surface area contributed by atoms with Crippen molar-refractivity contribution in [1.82, 2.24) is 5.32 Å². The molecule has 3 rings (SSSR count). The Labute approximate surface area is 141 Å². The van der Waals surface area contributed by atoms with Crippen LogP contribution in [0.25, 0.3) is 0 Å². The summed E-state index contributed by atoms with van der Waals surface area (Å²) in [5.74, 6) is 0.907. The molecule has 0 bridgehead atoms. The minimum Gasteiger partial charge on any atom is -0.488 e. The second kappa shape index (κ2) is 7.80. The number of hydrogen-bond donors (Lipinski definition) is 1. The van der Waals surface area contributed by atoms with Crippen LogP contribution >= 0.6 is 15.9 Å². The molecule has 1 atom stereocenters. The molecule has 0 saturated carbocycles. The molecule has 0 aliphatic carbocycles. The Bertz CT molecular complexity index is 594. The monoisotopic (exact) mass is 359 g/mol. The van der Waals surface area contributed by atoms with E-state index in [1.165, 1.54) is 30.4 Å². The van der Waals surface area contributed by atoms with Gasteiger partial charge in [-0.3, -0.25) is 0 Å². The maximum Gasteiger partial charge on any atom is 0.134 e. The van der Waals surface area contributed by atoms with Gasteiger partial charge in [0.25, 0.3) is 0 Å². The number of nitrogens with one attached hydrogen (secondary N) is 1. The second-order valence-electron chi connectivity index (χ2n) is 5.89. The van der Waals surface area contributed by atoms with Crippen molar-refractivity contribution in [2.75, 3.05) is 6.54 Å². The summed E-state index contributed by atoms with van der Waals surface area (Å²) in [6.45, 7) is 1.76. The molecule has 1 N–H and O–H groups in total. The van der Waals surface area contributed by atoms with E-state index < -0.39 is 0 Å². The van der Waals surface area contributed by atoms with E-state index in [9.17, 15) is 0 Å². The highest BCUT2D eigenvalue weighted by molar-refractivity contribution is 9.10. The van der Waals surface area contributed by atoms with Crippen molar-refractivity contribution in [3.63, 3.8) is 0 Å². The lowest BCUT2D eigenvalue weighted by Gasteiger charge is -2.23. The Kier molecular flexibility index (Phi) is 5.52. The Hall–Kier alpha value is -1.32. The average Bonchev–Trinajstić information content (AvgIpc) is 2.56. The van der Waals surface area contributed by atoms with Crippen LogP contribution in [0.5, 0.6) is 5.75 Å². The summed E-state index contributed by atoms with van der Waals surface area (Å²) >= 11 is 3.64. The molecule has 1 aliphatic heterocycles. The van der Waals surface area contributed by atoms with Gasteiger partial charge in [0.1, 0.15) is 12.4 Å². The number of halogens is 1. The van der Waals surface area contributed by atoms with Gasteiger partial charge in [0.15, 0.2) is 0 Å². The molecule has 1 aliphatic rings. The first-order chi connectivity index (χ1) is 10.8. The first-order valence-corrected chi connectivity index (χ1v) is 8.79. The normalized spacial score (nSPS) is 18.1. The lowest BCUT2D eigenvalue weighted by Crippen LogP contribution is -2.35. The van der Waals surface area contributed by atoms with E-state index in [2.05, 4.69) is 51.6 Å². The summed E-state index contributed by atoms with van der Waals surface area (Å²) in [7, 11) is 0. The predicted octanol–water partition coefficient (Wildman–Crippen LogP) is 4.71. The minimum atomic E-state index is 0.600. The van der Waals surface area contributed by atoms with Gasteiger partial charge in [0, 0.05) is 6.04 Å². The molecule has 0 spiro atoms. The average molecular weight is 360 g/mol. The van der Waals surface area contributed by atoms with Crippen LogP contribution in [0.15, 0.2) is 53.0 Å². The Morgan fingerprint density at radius 2 is 1.91 bits per heavy atom. The maximum atomic E-state index is 5.91. The van der Waals surface area contributed by atoms with Gasteiger partial charge in [-0.15, -0.1) is 0 Å². The molecule has 1 heterocycles. The van der Waals surface area contributed by atoms with E-state index in [1.54, 1.807) is 0 Å². The first-order valence-electron chi connectivity index (χ1n) is 8.00. The van der Waals surface area contributed by atoms with Gasteiger partial charge in [-0.05, 0) is 65.0 Å². The van der Waals surface area contributed by atoms with E-state index >= 15 is 0 Å². The number of hydrogen-bond acceptors (Lipinski definition) is 2. The van der Waals surface area contributed by atoms with Crippen molar-refractivity contribution < 1.29 is 4.74 Å². The van der Waals surface area contributed by atoms with Gasteiger partial charge in [0.05, 0.1) is 4.47 Å². The highest BCUT2D eigenvalue weighted by Gasteiger charge is 2.13. The van der Waals surface area contributed by atoms with Gasteiger partial charge in [-0.25, -0.2) is 0 Å². The molecule has 0 amide bonds. The third-order valence-corrected chi connectivity index (χ3v) is 4.75. The summed E-state index contributed by atoms with van der Waals surface area (Å²) in [6.07, 6.45) is 5.03. The summed E-state index contributed by atoms with van der Waals surface area (Å²) in [5.41, 5.74) is 2.54. The van der Waals surface area contributed by atoms with E-state index in [4.69, 9.17) is 4.74 Å². The fraction of sp³-hybridized carbons (Fsp3) is 0.368. The molecule has 22 heavy (non-hydrogen) atoms. The number of piperidine rings is 1. The van der Waals surface area contributed by atoms with Crippen LogP contribution in [0.1, 0.15) is 30.4 Å². The lowest BCUT2D eigenvalue weighted by atomic mass is 9.98. The smallest absolute Gasteiger partial charge is 0.134 e. The van der Waals surface area contributed by atoms with Crippen LogP contribution in [-0.2, 0) is 13.0 Å². The first kappa shape index (κ1) is 15.6. The van der Waals surface area contributed by atoms with Gasteiger partial charge < -0.3 is 10.1 Å². The Morgan fingerprint density at radius 1 is 1.05 bits per heavy atom. The molecule has 0 radical (unpaired) electrons. The molecule has 2 aromatic rings. The standard InChI is InChI=1S/C19H22BrNO/c20-18-13-16(12-17-8-4-5-11-21-17)9-10-19(18)22-14-15-6-2-1-3-7-15/h1-3,6-7,9-10,13,17,21H,4-5,8,11-12,14H2. The van der Waals surface area contributed by atoms with Gasteiger partial charge in [-0.2, -0.15) is 0 Å². The molecule has 2 nitrogen and oxygen atoms in total. The van der Waals surface area contributed by atoms with Crippen LogP contribution in [0.4, 0.5) is 0 Å². The Morgan fingerprint density at radius 3 is 2.64 bits per heavy atom. The number of rotatable bonds is 5. The zero-order valence-corrected chi connectivity index (χ0v) is 14.3. The summed E-state index contributed by atoms with van der Waals surface area (Å²) in [4.78, 5) is 0. The molecule has 1 unspecified atom stereocenters. The molecule has 3 heteroatoms. The third kappa shape index (κ3) is 4.34. The third-order valence-electron chi connectivity index (χ3n) is 4.13. The zero-order chi connectivity index (χ0) is 15.2. The Balaban J connectivity index is 1.59. The summed E-state index contributed by atoms with van der Waals surface area (Å²) in [6, 6.07) is 17.3. The highest BCUT2D eigenvalue weighted by Crippen LogP contribution is 2.28. The van der Waals surface area contributed by atoms with Crippen molar-refractivity contribution >= 4 is 15.9 Å². The summed E-state index contributed by atoms with van der Waals surface area (Å²) < 4.78 is 6.94. The van der Waals surface area contributed by atoms with Crippen LogP contribution in [0.2, 0.25) is 0 Å². The number of ether oxygens (including phenoxy) is 1. The lowest BCUT2D eigenvalue weighted by molar-refractivity contribution is 0.304. The molecule has 0 aromatic heterocycles. The van der Waals surface area contributed by atoms with Crippen molar-refractivity contribution in [1.29, 1.82) is 0 Å². The highest BCUT2D eigenvalue weighted by atomic mass is 79.9. The fourth-order valence-electron chi connectivity index (χ4n) is 2.91. The topological polar surface area (TPSA) is 21.3 Å². The van der Waals surface area contributed by atoms with Crippen molar-refractivity contribution in [3.05, 3.63) is 64.1 Å². The molecule has 116 valence electrons. The predicted molar refractivity (Wildman–Crippen MR) is 94.3 cm³/mol. The van der Waals surface area contributed by atoms with E-state index in [1.807, 2.05) is 18.2 Å². The van der Waals surface area contributed by atoms with Crippen LogP contribution < -0.4 is 10.1 Å². The molecule has 2 aromatic carbocycles. The van der Waals surface area contributed by atoms with Gasteiger partial charge in [0.2, 0.25) is 0 Å². The SMILES string of the molecule is Brc1cc(CC2CCCCN2)ccc1OCc1ccccc1. The van der Waals surface area contributed by atoms with Crippen molar-refractivity contribution in [2.45, 2.75) is 38.3 Å². The van der Waals surface area contributed by atoms with Crippen LogP contribution in [-0.4, -0.2) is 12.6 Å². The van der Waals surface area contributed by atoms with Gasteiger partial charge in [-0.1, -0.05) is 42.8 Å². The largest absolute Gasteiger partial charge is 0.488 e. The van der Waals surface area contributed by atoms with E-state index in [0.29, 0.717) is 12.6 Å². The van der Waals surface area contributed by atoms with E-state index in [-0.39, 0.29) is 0 Å². The summed E-state index contributed by atoms with van der Waals surface area (Å²) in [5, 5.41) is 3.60. The zero-order valence-electron chi connectivity index (χ0n) is 12.7. The molecular weight excluding hydrogens is 338 g/mol. The molecular formula is C19H22BrNO. The minimum absolute atomic E-state index is 0.600. The van der Waals surface area contributed by atoms with Crippen LogP contribution in [0, 0.1) is 0 Å².